The van der Waals surface area contributed by atoms with Crippen molar-refractivity contribution in [2.45, 2.75) is 33.6 Å². The fourth-order valence-corrected chi connectivity index (χ4v) is 3.76. The van der Waals surface area contributed by atoms with Crippen molar-refractivity contribution in [1.29, 1.82) is 0 Å². The lowest BCUT2D eigenvalue weighted by atomic mass is 10.2. The molecule has 2 N–H and O–H groups in total. The lowest BCUT2D eigenvalue weighted by Gasteiger charge is -2.18. The maximum absolute atomic E-state index is 12.3. The van der Waals surface area contributed by atoms with Crippen LogP contribution in [0.2, 0.25) is 5.02 Å². The summed E-state index contributed by atoms with van der Waals surface area (Å²) < 4.78 is 16.8. The third kappa shape index (κ3) is 4.86. The first-order valence-corrected chi connectivity index (χ1v) is 9.92. The number of halogens is 1. The largest absolute Gasteiger partial charge is 0.339 e. The molecule has 1 atom stereocenters. The minimum atomic E-state index is -1.21. The van der Waals surface area contributed by atoms with E-state index in [0.717, 1.165) is 18.4 Å². The molecule has 7 heteroatoms. The highest BCUT2D eigenvalue weighted by atomic mass is 35.5. The van der Waals surface area contributed by atoms with E-state index in [-0.39, 0.29) is 5.56 Å². The van der Waals surface area contributed by atoms with Crippen molar-refractivity contribution in [2.24, 2.45) is 7.05 Å². The molecule has 0 spiro atoms. The molecular formula is C18H24ClN3O2S. The van der Waals surface area contributed by atoms with E-state index in [0.29, 0.717) is 33.5 Å². The maximum Gasteiger partial charge on any atom is 0.254 e. The van der Waals surface area contributed by atoms with Gasteiger partial charge in [0.15, 0.2) is 0 Å². The van der Waals surface area contributed by atoms with Crippen LogP contribution in [-0.2, 0) is 18.0 Å². The Bertz CT molecular complexity index is 849. The number of nitrogens with one attached hydrogen (secondary N) is 2. The number of nitrogens with zero attached hydrogens (tertiary/aromatic N) is 1. The fraction of sp³-hybridized carbons (Fsp3) is 0.389. The molecule has 0 saturated heterocycles. The Morgan fingerprint density at radius 2 is 1.92 bits per heavy atom. The van der Waals surface area contributed by atoms with Crippen LogP contribution in [0.3, 0.4) is 0 Å². The SMILES string of the molecule is CCCCS(=O)Nc1cc(C)c(=O)n(C)c1Nc1ccc(C)cc1Cl. The number of anilines is 3. The quantitative estimate of drug-likeness (QED) is 0.752. The van der Waals surface area contributed by atoms with Crippen LogP contribution in [0.15, 0.2) is 29.1 Å². The number of benzene rings is 1. The van der Waals surface area contributed by atoms with Gasteiger partial charge in [0.1, 0.15) is 16.8 Å². The van der Waals surface area contributed by atoms with Gasteiger partial charge in [-0.05, 0) is 44.0 Å². The van der Waals surface area contributed by atoms with Crippen LogP contribution in [0, 0.1) is 13.8 Å². The predicted molar refractivity (Wildman–Crippen MR) is 107 cm³/mol. The molecule has 0 radical (unpaired) electrons. The van der Waals surface area contributed by atoms with Crippen molar-refractivity contribution in [3.8, 4) is 0 Å². The van der Waals surface area contributed by atoms with Crippen LogP contribution in [0.5, 0.6) is 0 Å². The molecule has 2 rings (SSSR count). The van der Waals surface area contributed by atoms with Gasteiger partial charge in [-0.3, -0.25) is 9.36 Å². The van der Waals surface area contributed by atoms with Gasteiger partial charge in [-0.1, -0.05) is 31.0 Å². The van der Waals surface area contributed by atoms with Crippen LogP contribution in [0.25, 0.3) is 0 Å². The summed E-state index contributed by atoms with van der Waals surface area (Å²) >= 11 is 6.30. The van der Waals surface area contributed by atoms with Crippen molar-refractivity contribution >= 4 is 39.8 Å². The molecule has 1 aromatic carbocycles. The van der Waals surface area contributed by atoms with Gasteiger partial charge >= 0.3 is 0 Å². The molecule has 0 amide bonds. The second-order valence-corrected chi connectivity index (χ2v) is 7.78. The van der Waals surface area contributed by atoms with Crippen molar-refractivity contribution < 1.29 is 4.21 Å². The number of hydrogen-bond acceptors (Lipinski definition) is 3. The lowest BCUT2D eigenvalue weighted by Crippen LogP contribution is -2.24. The molecule has 0 saturated carbocycles. The van der Waals surface area contributed by atoms with Crippen LogP contribution >= 0.6 is 11.6 Å². The first-order chi connectivity index (χ1) is 11.8. The maximum atomic E-state index is 12.3. The Balaban J connectivity index is 2.42. The Kier molecular flexibility index (Phi) is 6.67. The minimum Gasteiger partial charge on any atom is -0.339 e. The highest BCUT2D eigenvalue weighted by Crippen LogP contribution is 2.30. The van der Waals surface area contributed by atoms with E-state index in [4.69, 9.17) is 11.6 Å². The zero-order valence-corrected chi connectivity index (χ0v) is 16.6. The highest BCUT2D eigenvalue weighted by molar-refractivity contribution is 7.86. The lowest BCUT2D eigenvalue weighted by molar-refractivity contribution is 0.683. The van der Waals surface area contributed by atoms with Gasteiger partial charge in [0.25, 0.3) is 5.56 Å². The molecule has 0 aliphatic rings. The number of pyridine rings is 1. The van der Waals surface area contributed by atoms with E-state index in [1.807, 2.05) is 25.1 Å². The molecule has 1 unspecified atom stereocenters. The molecule has 136 valence electrons. The third-order valence-electron chi connectivity index (χ3n) is 3.88. The number of aromatic nitrogens is 1. The summed E-state index contributed by atoms with van der Waals surface area (Å²) in [5.41, 5.74) is 2.82. The Morgan fingerprint density at radius 1 is 1.20 bits per heavy atom. The molecule has 5 nitrogen and oxygen atoms in total. The van der Waals surface area contributed by atoms with Crippen molar-refractivity contribution in [3.05, 3.63) is 50.8 Å². The zero-order valence-electron chi connectivity index (χ0n) is 15.0. The number of aryl methyl sites for hydroxylation is 2. The van der Waals surface area contributed by atoms with Gasteiger partial charge < -0.3 is 10.0 Å². The van der Waals surface area contributed by atoms with E-state index in [2.05, 4.69) is 17.0 Å². The summed E-state index contributed by atoms with van der Waals surface area (Å²) in [5, 5.41) is 3.76. The average Bonchev–Trinajstić information content (AvgIpc) is 2.56. The fourth-order valence-electron chi connectivity index (χ4n) is 2.42. The molecule has 0 aliphatic carbocycles. The Labute approximate surface area is 156 Å². The summed E-state index contributed by atoms with van der Waals surface area (Å²) in [7, 11) is 0.471. The van der Waals surface area contributed by atoms with Gasteiger partial charge in [-0.15, -0.1) is 0 Å². The van der Waals surface area contributed by atoms with E-state index >= 15 is 0 Å². The zero-order chi connectivity index (χ0) is 18.6. The molecule has 1 heterocycles. The van der Waals surface area contributed by atoms with Crippen molar-refractivity contribution in [1.82, 2.24) is 4.57 Å². The molecule has 0 aliphatic heterocycles. The highest BCUT2D eigenvalue weighted by Gasteiger charge is 2.14. The molecular weight excluding hydrogens is 358 g/mol. The van der Waals surface area contributed by atoms with E-state index < -0.39 is 11.0 Å². The number of hydrogen-bond donors (Lipinski definition) is 2. The summed E-state index contributed by atoms with van der Waals surface area (Å²) in [5.74, 6) is 1.09. The van der Waals surface area contributed by atoms with E-state index in [9.17, 15) is 9.00 Å². The average molecular weight is 382 g/mol. The normalized spacial score (nSPS) is 12.0. The second kappa shape index (κ2) is 8.54. The first-order valence-electron chi connectivity index (χ1n) is 8.22. The van der Waals surface area contributed by atoms with Gasteiger partial charge in [0.2, 0.25) is 0 Å². The topological polar surface area (TPSA) is 63.1 Å². The molecule has 0 fully saturated rings. The minimum absolute atomic E-state index is 0.115. The molecule has 25 heavy (non-hydrogen) atoms. The van der Waals surface area contributed by atoms with Crippen LogP contribution in [0.1, 0.15) is 30.9 Å². The van der Waals surface area contributed by atoms with Crippen LogP contribution in [-0.4, -0.2) is 14.5 Å². The Morgan fingerprint density at radius 3 is 2.56 bits per heavy atom. The number of rotatable bonds is 7. The predicted octanol–water partition coefficient (Wildman–Crippen LogP) is 4.27. The standard InChI is InChI=1S/C18H24ClN3O2S/c1-5-6-9-25(24)21-16-11-13(3)18(23)22(4)17(16)20-15-8-7-12(2)10-14(15)19/h7-8,10-11,20-21H,5-6,9H2,1-4H3. The van der Waals surface area contributed by atoms with Gasteiger partial charge in [0, 0.05) is 18.4 Å². The molecule has 1 aromatic heterocycles. The van der Waals surface area contributed by atoms with E-state index in [1.165, 1.54) is 4.57 Å². The van der Waals surface area contributed by atoms with Gasteiger partial charge in [0.05, 0.1) is 16.4 Å². The van der Waals surface area contributed by atoms with Crippen LogP contribution in [0.4, 0.5) is 17.2 Å². The summed E-state index contributed by atoms with van der Waals surface area (Å²) in [6, 6.07) is 7.37. The monoisotopic (exact) mass is 381 g/mol. The van der Waals surface area contributed by atoms with E-state index in [1.54, 1.807) is 20.0 Å². The Hall–Kier alpha value is -1.79. The summed E-state index contributed by atoms with van der Waals surface area (Å²) in [4.78, 5) is 12.3. The van der Waals surface area contributed by atoms with Gasteiger partial charge in [-0.25, -0.2) is 4.21 Å². The smallest absolute Gasteiger partial charge is 0.254 e. The first kappa shape index (κ1) is 19.5. The van der Waals surface area contributed by atoms with Crippen molar-refractivity contribution in [2.75, 3.05) is 15.8 Å². The van der Waals surface area contributed by atoms with Crippen molar-refractivity contribution in [3.63, 3.8) is 0 Å². The second-order valence-electron chi connectivity index (χ2n) is 6.07. The molecule has 0 bridgehead atoms. The molecule has 2 aromatic rings. The summed E-state index contributed by atoms with van der Waals surface area (Å²) in [6.45, 7) is 5.76. The van der Waals surface area contributed by atoms with Gasteiger partial charge in [-0.2, -0.15) is 0 Å². The third-order valence-corrected chi connectivity index (χ3v) is 5.30. The van der Waals surface area contributed by atoms with Crippen LogP contribution < -0.4 is 15.6 Å². The summed E-state index contributed by atoms with van der Waals surface area (Å²) in [6.07, 6.45) is 1.85. The number of unbranched alkanes of at least 4 members (excludes halogenated alkanes) is 1.